The highest BCUT2D eigenvalue weighted by Crippen LogP contribution is 2.38. The molecule has 0 aliphatic heterocycles. The fraction of sp³-hybridized carbons (Fsp3) is 0.122. The van der Waals surface area contributed by atoms with E-state index in [4.69, 9.17) is 9.97 Å². The van der Waals surface area contributed by atoms with Crippen LogP contribution in [0.15, 0.2) is 128 Å². The summed E-state index contributed by atoms with van der Waals surface area (Å²) in [6, 6.07) is 30.2. The minimum Gasteiger partial charge on any atom is -0.297 e. The molecule has 0 N–H and O–H groups in total. The van der Waals surface area contributed by atoms with Crippen LogP contribution in [0.5, 0.6) is 0 Å². The van der Waals surface area contributed by atoms with Crippen LogP contribution in [-0.4, -0.2) is 29.1 Å². The standard InChI is InChI=1S/C41H32N6/c1-27-5-4-7-33-35-26-43-20-18-38(35)47(41(27)33)40-16-14-31(24-45-40)22-29-11-9-28(10-12-29)21-30-13-15-39(44-23-30)46-36-8-3-2-6-32(36)34-25-42-19-17-37(34)46/h2-4,6-20,23-27H,5,21-22H2,1H3. The van der Waals surface area contributed by atoms with Gasteiger partial charge in [0, 0.05) is 70.5 Å². The van der Waals surface area contributed by atoms with E-state index in [0.29, 0.717) is 5.92 Å². The molecule has 1 unspecified atom stereocenters. The SMILES string of the molecule is CC1CC=Cc2c1n(-c1ccc(Cc3ccc(Cc4ccc(-n5c6ccccc6c6cnccc65)nc4)cc3)cn1)c1ccncc21. The summed E-state index contributed by atoms with van der Waals surface area (Å²) in [7, 11) is 0. The zero-order valence-corrected chi connectivity index (χ0v) is 26.1. The van der Waals surface area contributed by atoms with E-state index in [1.54, 1.807) is 0 Å². The number of pyridine rings is 4. The van der Waals surface area contributed by atoms with Gasteiger partial charge in [0.25, 0.3) is 0 Å². The smallest absolute Gasteiger partial charge is 0.137 e. The Balaban J connectivity index is 0.918. The molecule has 0 bridgehead atoms. The van der Waals surface area contributed by atoms with E-state index in [-0.39, 0.29) is 0 Å². The first-order chi connectivity index (χ1) is 23.2. The highest BCUT2D eigenvalue weighted by atomic mass is 15.1. The van der Waals surface area contributed by atoms with Gasteiger partial charge in [-0.1, -0.05) is 73.7 Å². The van der Waals surface area contributed by atoms with Crippen LogP contribution in [0.4, 0.5) is 0 Å². The van der Waals surface area contributed by atoms with Crippen molar-refractivity contribution in [3.63, 3.8) is 0 Å². The van der Waals surface area contributed by atoms with Gasteiger partial charge in [-0.25, -0.2) is 9.97 Å². The van der Waals surface area contributed by atoms with Gasteiger partial charge in [-0.2, -0.15) is 0 Å². The highest BCUT2D eigenvalue weighted by molar-refractivity contribution is 6.08. The average Bonchev–Trinajstić information content (AvgIpc) is 3.64. The first-order valence-electron chi connectivity index (χ1n) is 16.2. The van der Waals surface area contributed by atoms with Crippen molar-refractivity contribution in [2.24, 2.45) is 0 Å². The molecule has 1 aliphatic carbocycles. The van der Waals surface area contributed by atoms with E-state index < -0.39 is 0 Å². The molecule has 0 amide bonds. The number of hydrogen-bond acceptors (Lipinski definition) is 4. The fourth-order valence-electron chi connectivity index (χ4n) is 7.20. The fourth-order valence-corrected chi connectivity index (χ4v) is 7.20. The van der Waals surface area contributed by atoms with E-state index >= 15 is 0 Å². The highest BCUT2D eigenvalue weighted by Gasteiger charge is 2.23. The number of nitrogens with zero attached hydrogens (tertiary/aromatic N) is 6. The first kappa shape index (κ1) is 27.4. The van der Waals surface area contributed by atoms with Crippen molar-refractivity contribution >= 4 is 38.8 Å². The lowest BCUT2D eigenvalue weighted by molar-refractivity contribution is 0.718. The maximum Gasteiger partial charge on any atom is 0.137 e. The van der Waals surface area contributed by atoms with Crippen molar-refractivity contribution in [1.82, 2.24) is 29.1 Å². The number of para-hydroxylation sites is 1. The summed E-state index contributed by atoms with van der Waals surface area (Å²) in [5, 5.41) is 3.51. The molecule has 0 spiro atoms. The molecule has 0 fully saturated rings. The summed E-state index contributed by atoms with van der Waals surface area (Å²) in [6.45, 7) is 2.29. The van der Waals surface area contributed by atoms with E-state index in [1.807, 2.05) is 37.2 Å². The molecular weight excluding hydrogens is 576 g/mol. The van der Waals surface area contributed by atoms with Crippen molar-refractivity contribution in [3.05, 3.63) is 162 Å². The zero-order valence-electron chi connectivity index (χ0n) is 26.1. The summed E-state index contributed by atoms with van der Waals surface area (Å²) in [5.74, 6) is 2.29. The molecule has 0 radical (unpaired) electrons. The van der Waals surface area contributed by atoms with E-state index in [9.17, 15) is 0 Å². The van der Waals surface area contributed by atoms with Crippen molar-refractivity contribution in [1.29, 1.82) is 0 Å². The van der Waals surface area contributed by atoms with Gasteiger partial charge in [0.15, 0.2) is 0 Å². The van der Waals surface area contributed by atoms with Gasteiger partial charge in [-0.05, 0) is 71.8 Å². The van der Waals surface area contributed by atoms with E-state index in [1.165, 1.54) is 44.3 Å². The monoisotopic (exact) mass is 608 g/mol. The Morgan fingerprint density at radius 3 is 1.81 bits per heavy atom. The topological polar surface area (TPSA) is 61.4 Å². The van der Waals surface area contributed by atoms with Gasteiger partial charge in [0.05, 0.1) is 16.6 Å². The lowest BCUT2D eigenvalue weighted by Crippen LogP contribution is -2.08. The third kappa shape index (κ3) is 4.72. The molecule has 8 aromatic rings. The van der Waals surface area contributed by atoms with Crippen LogP contribution < -0.4 is 0 Å². The Bertz CT molecular complexity index is 2380. The lowest BCUT2D eigenvalue weighted by Gasteiger charge is -2.19. The molecular formula is C41H32N6. The molecule has 2 aromatic carbocycles. The number of benzene rings is 2. The summed E-state index contributed by atoms with van der Waals surface area (Å²) >= 11 is 0. The molecule has 6 aromatic heterocycles. The Morgan fingerprint density at radius 1 is 0.574 bits per heavy atom. The van der Waals surface area contributed by atoms with Gasteiger partial charge in [0.1, 0.15) is 11.6 Å². The molecule has 226 valence electrons. The minimum absolute atomic E-state index is 0.425. The predicted molar refractivity (Wildman–Crippen MR) is 189 cm³/mol. The molecule has 9 rings (SSSR count). The van der Waals surface area contributed by atoms with Gasteiger partial charge in [-0.15, -0.1) is 0 Å². The van der Waals surface area contributed by atoms with Crippen LogP contribution in [-0.2, 0) is 12.8 Å². The van der Waals surface area contributed by atoms with Gasteiger partial charge >= 0.3 is 0 Å². The maximum atomic E-state index is 4.95. The third-order valence-electron chi connectivity index (χ3n) is 9.48. The average molecular weight is 609 g/mol. The molecule has 1 aliphatic rings. The first-order valence-corrected chi connectivity index (χ1v) is 16.2. The molecule has 6 heteroatoms. The van der Waals surface area contributed by atoms with Crippen LogP contribution in [0.1, 0.15) is 52.8 Å². The molecule has 1 atom stereocenters. The molecule has 6 nitrogen and oxygen atoms in total. The second kappa shape index (κ2) is 11.2. The normalized spacial score (nSPS) is 14.3. The second-order valence-electron chi connectivity index (χ2n) is 12.5. The lowest BCUT2D eigenvalue weighted by atomic mass is 9.93. The zero-order chi connectivity index (χ0) is 31.3. The van der Waals surface area contributed by atoms with Crippen LogP contribution in [0.25, 0.3) is 50.4 Å². The number of hydrogen-bond donors (Lipinski definition) is 0. The van der Waals surface area contributed by atoms with Crippen LogP contribution >= 0.6 is 0 Å². The minimum atomic E-state index is 0.425. The molecule has 0 saturated heterocycles. The molecule has 47 heavy (non-hydrogen) atoms. The quantitative estimate of drug-likeness (QED) is 0.189. The van der Waals surface area contributed by atoms with Crippen LogP contribution in [0.2, 0.25) is 0 Å². The van der Waals surface area contributed by atoms with Gasteiger partial charge in [0.2, 0.25) is 0 Å². The summed E-state index contributed by atoms with van der Waals surface area (Å²) < 4.78 is 4.54. The third-order valence-corrected chi connectivity index (χ3v) is 9.48. The van der Waals surface area contributed by atoms with Crippen molar-refractivity contribution in [2.45, 2.75) is 32.1 Å². The number of aromatic nitrogens is 6. The summed E-state index contributed by atoms with van der Waals surface area (Å²) in [6.07, 6.45) is 18.9. The van der Waals surface area contributed by atoms with Gasteiger partial charge < -0.3 is 0 Å². The summed E-state index contributed by atoms with van der Waals surface area (Å²) in [4.78, 5) is 18.6. The largest absolute Gasteiger partial charge is 0.297 e. The van der Waals surface area contributed by atoms with Crippen LogP contribution in [0.3, 0.4) is 0 Å². The summed E-state index contributed by atoms with van der Waals surface area (Å²) in [5.41, 5.74) is 10.9. The Kier molecular flexibility index (Phi) is 6.52. The molecule has 0 saturated carbocycles. The van der Waals surface area contributed by atoms with Crippen molar-refractivity contribution < 1.29 is 0 Å². The van der Waals surface area contributed by atoms with Crippen molar-refractivity contribution in [2.75, 3.05) is 0 Å². The Labute approximate surface area is 272 Å². The van der Waals surface area contributed by atoms with Crippen molar-refractivity contribution in [3.8, 4) is 11.6 Å². The predicted octanol–water partition coefficient (Wildman–Crippen LogP) is 9.01. The number of rotatable bonds is 6. The number of allylic oxidation sites excluding steroid dienone is 1. The molecule has 6 heterocycles. The van der Waals surface area contributed by atoms with Gasteiger partial charge in [-0.3, -0.25) is 19.1 Å². The second-order valence-corrected chi connectivity index (χ2v) is 12.5. The van der Waals surface area contributed by atoms with Crippen LogP contribution in [0, 0.1) is 0 Å². The Hall–Kier alpha value is -5.88. The van der Waals surface area contributed by atoms with E-state index in [0.717, 1.165) is 52.8 Å². The number of fused-ring (bicyclic) bond motifs is 6. The van der Waals surface area contributed by atoms with E-state index in [2.05, 4.69) is 123 Å². The Morgan fingerprint density at radius 2 is 1.15 bits per heavy atom. The maximum absolute atomic E-state index is 4.95.